The number of nitrogens with zero attached hydrogens (tertiary/aromatic N) is 2. The summed E-state index contributed by atoms with van der Waals surface area (Å²) in [6, 6.07) is 60.7. The first-order chi connectivity index (χ1) is 25.8. The van der Waals surface area contributed by atoms with E-state index in [9.17, 15) is 10.2 Å². The second-order valence-electron chi connectivity index (χ2n) is 13.6. The number of anilines is 1. The molecule has 0 bridgehead atoms. The van der Waals surface area contributed by atoms with Gasteiger partial charge in [-0.05, 0) is 56.7 Å². The van der Waals surface area contributed by atoms with Crippen LogP contribution in [0, 0.1) is 0 Å². The van der Waals surface area contributed by atoms with Crippen LogP contribution < -0.4 is 4.90 Å². The van der Waals surface area contributed by atoms with Gasteiger partial charge in [-0.1, -0.05) is 158 Å². The molecule has 4 heteroatoms. The van der Waals surface area contributed by atoms with Crippen molar-refractivity contribution < 1.29 is 10.2 Å². The molecular formula is C48H40N2O2. The standard InChI is InChI=1S/C48H40N2O2/c51-31-29-49-33-40(38-25-13-15-27-41(38)49)47-48(37-23-11-4-12-24-37)45(36-21-9-3-10-22-36)43(34-17-5-1-6-18-34)44(35-19-7-2-8-20-35)46(48)39-26-14-16-28-42(39)50(47)30-32-52/h1-28,33,47,51-52H,29-32H2/t47-,48-/m1/s1. The van der Waals surface area contributed by atoms with Gasteiger partial charge >= 0.3 is 0 Å². The molecule has 0 amide bonds. The summed E-state index contributed by atoms with van der Waals surface area (Å²) in [4.78, 5) is 2.45. The van der Waals surface area contributed by atoms with Gasteiger partial charge in [0, 0.05) is 47.0 Å². The van der Waals surface area contributed by atoms with Crippen molar-refractivity contribution >= 4 is 38.9 Å². The maximum Gasteiger partial charge on any atom is 0.0743 e. The normalized spacial score (nSPS) is 18.2. The fourth-order valence-electron chi connectivity index (χ4n) is 9.15. The molecular weight excluding hydrogens is 637 g/mol. The number of β-amino-alcohol motifs (C(OH)–C–C–N with tert-alkyl or cyclic N) is 1. The third-order valence-electron chi connectivity index (χ3n) is 11.0. The van der Waals surface area contributed by atoms with Crippen molar-refractivity contribution in [2.24, 2.45) is 0 Å². The van der Waals surface area contributed by atoms with Crippen molar-refractivity contribution in [2.75, 3.05) is 24.7 Å². The number of para-hydroxylation sites is 2. The molecule has 6 aromatic carbocycles. The number of aliphatic hydroxyl groups is 2. The molecule has 7 aromatic rings. The van der Waals surface area contributed by atoms with Gasteiger partial charge < -0.3 is 19.7 Å². The Morgan fingerprint density at radius 2 is 1.02 bits per heavy atom. The van der Waals surface area contributed by atoms with Crippen LogP contribution in [-0.2, 0) is 12.0 Å². The van der Waals surface area contributed by atoms with Crippen molar-refractivity contribution in [1.29, 1.82) is 0 Å². The molecule has 2 N–H and O–H groups in total. The first kappa shape index (κ1) is 32.0. The summed E-state index contributed by atoms with van der Waals surface area (Å²) >= 11 is 0. The Labute approximate surface area is 304 Å². The Kier molecular flexibility index (Phi) is 8.19. The van der Waals surface area contributed by atoms with Gasteiger partial charge in [-0.25, -0.2) is 0 Å². The highest BCUT2D eigenvalue weighted by molar-refractivity contribution is 6.33. The molecule has 4 nitrogen and oxygen atoms in total. The molecule has 1 aromatic heterocycles. The number of hydrogen-bond acceptors (Lipinski definition) is 3. The quantitative estimate of drug-likeness (QED) is 0.160. The van der Waals surface area contributed by atoms with Gasteiger partial charge in [0.25, 0.3) is 0 Å². The van der Waals surface area contributed by atoms with Gasteiger partial charge in [0.1, 0.15) is 0 Å². The van der Waals surface area contributed by atoms with Gasteiger partial charge in [0.05, 0.1) is 24.7 Å². The maximum atomic E-state index is 10.9. The lowest BCUT2D eigenvalue weighted by atomic mass is 9.58. The minimum atomic E-state index is -0.753. The molecule has 52 heavy (non-hydrogen) atoms. The summed E-state index contributed by atoms with van der Waals surface area (Å²) in [6.07, 6.45) is 2.26. The molecule has 254 valence electrons. The lowest BCUT2D eigenvalue weighted by Gasteiger charge is -2.53. The van der Waals surface area contributed by atoms with Crippen LogP contribution in [0.1, 0.15) is 39.4 Å². The topological polar surface area (TPSA) is 48.6 Å². The summed E-state index contributed by atoms with van der Waals surface area (Å²) < 4.78 is 2.20. The summed E-state index contributed by atoms with van der Waals surface area (Å²) in [6.45, 7) is 0.946. The zero-order valence-corrected chi connectivity index (χ0v) is 28.9. The molecule has 0 spiro atoms. The van der Waals surface area contributed by atoms with Crippen LogP contribution in [0.15, 0.2) is 176 Å². The largest absolute Gasteiger partial charge is 0.395 e. The minimum absolute atomic E-state index is 0.00843. The Hall–Kier alpha value is -5.94. The lowest BCUT2D eigenvalue weighted by Crippen LogP contribution is -2.49. The number of allylic oxidation sites excluding steroid dienone is 2. The Bertz CT molecular complexity index is 2430. The Morgan fingerprint density at radius 3 is 1.65 bits per heavy atom. The summed E-state index contributed by atoms with van der Waals surface area (Å²) in [7, 11) is 0. The summed E-state index contributed by atoms with van der Waals surface area (Å²) in [5.74, 6) is 0. The summed E-state index contributed by atoms with van der Waals surface area (Å²) in [5.41, 5.74) is 13.3. The molecule has 2 atom stereocenters. The van der Waals surface area contributed by atoms with Crippen LogP contribution in [0.3, 0.4) is 0 Å². The van der Waals surface area contributed by atoms with Crippen LogP contribution in [-0.4, -0.2) is 34.5 Å². The fraction of sp³-hybridized carbons (Fsp3) is 0.125. The minimum Gasteiger partial charge on any atom is -0.395 e. The number of fused-ring (bicyclic) bond motifs is 4. The molecule has 9 rings (SSSR count). The number of aromatic nitrogens is 1. The zero-order valence-electron chi connectivity index (χ0n) is 28.9. The van der Waals surface area contributed by atoms with E-state index in [1.165, 1.54) is 27.9 Å². The Morgan fingerprint density at radius 1 is 0.500 bits per heavy atom. The van der Waals surface area contributed by atoms with Crippen LogP contribution in [0.5, 0.6) is 0 Å². The maximum absolute atomic E-state index is 10.9. The molecule has 0 saturated heterocycles. The van der Waals surface area contributed by atoms with Crippen LogP contribution >= 0.6 is 0 Å². The van der Waals surface area contributed by atoms with E-state index in [2.05, 4.69) is 186 Å². The fourth-order valence-corrected chi connectivity index (χ4v) is 9.15. The number of rotatable bonds is 9. The molecule has 1 aliphatic heterocycles. The smallest absolute Gasteiger partial charge is 0.0743 e. The van der Waals surface area contributed by atoms with E-state index in [1.807, 2.05) is 0 Å². The van der Waals surface area contributed by atoms with E-state index in [0.717, 1.165) is 44.4 Å². The van der Waals surface area contributed by atoms with Crippen molar-refractivity contribution in [3.63, 3.8) is 0 Å². The second-order valence-corrected chi connectivity index (χ2v) is 13.6. The number of benzene rings is 6. The molecule has 2 aliphatic rings. The first-order valence-corrected chi connectivity index (χ1v) is 18.1. The number of hydrogen-bond donors (Lipinski definition) is 2. The highest BCUT2D eigenvalue weighted by Gasteiger charge is 2.59. The van der Waals surface area contributed by atoms with E-state index < -0.39 is 5.41 Å². The van der Waals surface area contributed by atoms with Gasteiger partial charge in [-0.2, -0.15) is 0 Å². The lowest BCUT2D eigenvalue weighted by molar-refractivity contribution is 0.278. The van der Waals surface area contributed by atoms with Crippen molar-refractivity contribution in [1.82, 2.24) is 4.57 Å². The molecule has 0 fully saturated rings. The van der Waals surface area contributed by atoms with Crippen LogP contribution in [0.25, 0.3) is 33.2 Å². The van der Waals surface area contributed by atoms with Gasteiger partial charge in [0.15, 0.2) is 0 Å². The molecule has 0 unspecified atom stereocenters. The van der Waals surface area contributed by atoms with E-state index in [4.69, 9.17) is 0 Å². The van der Waals surface area contributed by atoms with Crippen LogP contribution in [0.4, 0.5) is 5.69 Å². The highest BCUT2D eigenvalue weighted by atomic mass is 16.3. The summed E-state index contributed by atoms with van der Waals surface area (Å²) in [5, 5.41) is 22.4. The average Bonchev–Trinajstić information content (AvgIpc) is 3.74. The van der Waals surface area contributed by atoms with E-state index >= 15 is 0 Å². The molecule has 2 heterocycles. The molecule has 0 saturated carbocycles. The van der Waals surface area contributed by atoms with Crippen LogP contribution in [0.2, 0.25) is 0 Å². The third-order valence-corrected chi connectivity index (χ3v) is 11.0. The molecule has 0 radical (unpaired) electrons. The number of aliphatic hydroxyl groups excluding tert-OH is 2. The SMILES string of the molecule is OCCN1c2ccccc2C2=C(c3ccccc3)C(c3ccccc3)=C(c3ccccc3)[C@@]2(c2ccccc2)[C@H]1c1cn(CCO)c2ccccc12. The zero-order chi connectivity index (χ0) is 35.1. The van der Waals surface area contributed by atoms with E-state index in [1.54, 1.807) is 0 Å². The van der Waals surface area contributed by atoms with E-state index in [-0.39, 0.29) is 19.3 Å². The van der Waals surface area contributed by atoms with Gasteiger partial charge in [-0.15, -0.1) is 0 Å². The monoisotopic (exact) mass is 676 g/mol. The second kappa shape index (κ2) is 13.3. The average molecular weight is 677 g/mol. The molecule has 1 aliphatic carbocycles. The highest BCUT2D eigenvalue weighted by Crippen LogP contribution is 2.70. The Balaban J connectivity index is 1.56. The predicted octanol–water partition coefficient (Wildman–Crippen LogP) is 9.66. The van der Waals surface area contributed by atoms with E-state index in [0.29, 0.717) is 13.1 Å². The van der Waals surface area contributed by atoms with Crippen molar-refractivity contribution in [3.8, 4) is 0 Å². The van der Waals surface area contributed by atoms with Crippen molar-refractivity contribution in [2.45, 2.75) is 18.0 Å². The predicted molar refractivity (Wildman–Crippen MR) is 214 cm³/mol. The van der Waals surface area contributed by atoms with Crippen molar-refractivity contribution in [3.05, 3.63) is 209 Å². The first-order valence-electron chi connectivity index (χ1n) is 18.1. The van der Waals surface area contributed by atoms with Gasteiger partial charge in [-0.3, -0.25) is 0 Å². The van der Waals surface area contributed by atoms with Gasteiger partial charge in [0.2, 0.25) is 0 Å². The third kappa shape index (κ3) is 4.83.